The van der Waals surface area contributed by atoms with Crippen LogP contribution in [0, 0.1) is 0 Å². The highest BCUT2D eigenvalue weighted by atomic mass is 16.5. The number of carbonyl (C=O) groups is 1. The van der Waals surface area contributed by atoms with Crippen LogP contribution in [0.2, 0.25) is 0 Å². The molecule has 0 saturated heterocycles. The third kappa shape index (κ3) is 3.24. The van der Waals surface area contributed by atoms with E-state index in [9.17, 15) is 9.90 Å². The van der Waals surface area contributed by atoms with Crippen LogP contribution >= 0.6 is 0 Å². The standard InChI is InChI=1S/C22H21N3O3/c1-28-19-10-4-7-16(20(19)26)14-24-21-17(8-5-12-23-21)22(27)25-13-11-15-6-2-3-9-18(15)25/h2-10,12,26H,11,13-14H2,1H3,(H,23,24). The van der Waals surface area contributed by atoms with Gasteiger partial charge in [-0.15, -0.1) is 0 Å². The molecule has 0 unspecified atom stereocenters. The molecule has 1 aromatic heterocycles. The molecule has 0 saturated carbocycles. The molecule has 2 heterocycles. The summed E-state index contributed by atoms with van der Waals surface area (Å²) in [6, 6.07) is 16.8. The van der Waals surface area contributed by atoms with Crippen molar-refractivity contribution in [1.82, 2.24) is 4.98 Å². The van der Waals surface area contributed by atoms with Crippen molar-refractivity contribution in [2.75, 3.05) is 23.9 Å². The van der Waals surface area contributed by atoms with E-state index >= 15 is 0 Å². The number of fused-ring (bicyclic) bond motifs is 1. The molecule has 1 aliphatic heterocycles. The van der Waals surface area contributed by atoms with Gasteiger partial charge in [0.05, 0.1) is 12.7 Å². The first-order valence-corrected chi connectivity index (χ1v) is 9.12. The lowest BCUT2D eigenvalue weighted by Gasteiger charge is -2.19. The van der Waals surface area contributed by atoms with Crippen LogP contribution in [0.15, 0.2) is 60.8 Å². The molecule has 6 nitrogen and oxygen atoms in total. The number of hydrogen-bond acceptors (Lipinski definition) is 5. The Balaban J connectivity index is 1.57. The molecule has 6 heteroatoms. The van der Waals surface area contributed by atoms with E-state index in [0.29, 0.717) is 35.8 Å². The zero-order chi connectivity index (χ0) is 19.5. The Morgan fingerprint density at radius 3 is 2.89 bits per heavy atom. The molecule has 0 atom stereocenters. The first kappa shape index (κ1) is 17.9. The van der Waals surface area contributed by atoms with Crippen LogP contribution in [0.4, 0.5) is 11.5 Å². The van der Waals surface area contributed by atoms with Crippen LogP contribution in [-0.4, -0.2) is 29.7 Å². The fourth-order valence-electron chi connectivity index (χ4n) is 3.47. The molecule has 2 N–H and O–H groups in total. The Kier molecular flexibility index (Phi) is 4.85. The number of nitrogens with zero attached hydrogens (tertiary/aromatic N) is 2. The van der Waals surface area contributed by atoms with Crippen molar-refractivity contribution in [2.45, 2.75) is 13.0 Å². The number of benzene rings is 2. The summed E-state index contributed by atoms with van der Waals surface area (Å²) in [6.07, 6.45) is 2.49. The zero-order valence-electron chi connectivity index (χ0n) is 15.6. The summed E-state index contributed by atoms with van der Waals surface area (Å²) in [5.41, 5.74) is 3.29. The monoisotopic (exact) mass is 375 g/mol. The van der Waals surface area contributed by atoms with E-state index in [1.807, 2.05) is 18.2 Å². The van der Waals surface area contributed by atoms with Gasteiger partial charge in [0.25, 0.3) is 5.91 Å². The average molecular weight is 375 g/mol. The normalized spacial score (nSPS) is 12.5. The molecular weight excluding hydrogens is 354 g/mol. The molecule has 0 bridgehead atoms. The minimum absolute atomic E-state index is 0.0785. The van der Waals surface area contributed by atoms with Gasteiger partial charge in [0.15, 0.2) is 11.5 Å². The number of aromatic hydroxyl groups is 1. The number of methoxy groups -OCH3 is 1. The molecule has 142 valence electrons. The van der Waals surface area contributed by atoms with Crippen molar-refractivity contribution in [3.63, 3.8) is 0 Å². The number of anilines is 2. The molecular formula is C22H21N3O3. The Labute approximate surface area is 163 Å². The van der Waals surface area contributed by atoms with Crippen molar-refractivity contribution >= 4 is 17.4 Å². The molecule has 0 fully saturated rings. The van der Waals surface area contributed by atoms with E-state index in [4.69, 9.17) is 4.74 Å². The number of carbonyl (C=O) groups excluding carboxylic acids is 1. The predicted molar refractivity (Wildman–Crippen MR) is 108 cm³/mol. The highest BCUT2D eigenvalue weighted by molar-refractivity contribution is 6.10. The fourth-order valence-corrected chi connectivity index (χ4v) is 3.47. The minimum Gasteiger partial charge on any atom is -0.504 e. The average Bonchev–Trinajstić information content (AvgIpc) is 3.17. The molecule has 1 amide bonds. The van der Waals surface area contributed by atoms with E-state index in [-0.39, 0.29) is 11.7 Å². The van der Waals surface area contributed by atoms with Gasteiger partial charge in [0.1, 0.15) is 5.82 Å². The van der Waals surface area contributed by atoms with Gasteiger partial charge >= 0.3 is 0 Å². The third-order valence-electron chi connectivity index (χ3n) is 4.92. The maximum absolute atomic E-state index is 13.2. The van der Waals surface area contributed by atoms with Crippen molar-refractivity contribution in [1.29, 1.82) is 0 Å². The van der Waals surface area contributed by atoms with Gasteiger partial charge in [0, 0.05) is 30.5 Å². The van der Waals surface area contributed by atoms with Crippen LogP contribution < -0.4 is 15.0 Å². The predicted octanol–water partition coefficient (Wildman–Crippen LogP) is 3.61. The first-order chi connectivity index (χ1) is 13.7. The Morgan fingerprint density at radius 2 is 2.04 bits per heavy atom. The lowest BCUT2D eigenvalue weighted by atomic mass is 10.1. The van der Waals surface area contributed by atoms with E-state index in [1.165, 1.54) is 12.7 Å². The summed E-state index contributed by atoms with van der Waals surface area (Å²) >= 11 is 0. The van der Waals surface area contributed by atoms with E-state index in [2.05, 4.69) is 16.4 Å². The van der Waals surface area contributed by atoms with E-state index in [0.717, 1.165) is 12.1 Å². The number of rotatable bonds is 5. The Morgan fingerprint density at radius 1 is 1.18 bits per heavy atom. The summed E-state index contributed by atoms with van der Waals surface area (Å²) in [5, 5.41) is 13.4. The van der Waals surface area contributed by atoms with Crippen LogP contribution in [0.25, 0.3) is 0 Å². The number of amides is 1. The Hall–Kier alpha value is -3.54. The van der Waals surface area contributed by atoms with Gasteiger partial charge in [0.2, 0.25) is 0 Å². The lowest BCUT2D eigenvalue weighted by Crippen LogP contribution is -2.29. The summed E-state index contributed by atoms with van der Waals surface area (Å²) in [5.74, 6) is 0.884. The highest BCUT2D eigenvalue weighted by Crippen LogP contribution is 2.31. The van der Waals surface area contributed by atoms with Crippen molar-refractivity contribution in [3.8, 4) is 11.5 Å². The molecule has 1 aliphatic rings. The molecule has 2 aromatic carbocycles. The molecule has 0 spiro atoms. The number of ether oxygens (including phenoxy) is 1. The molecule has 0 radical (unpaired) electrons. The van der Waals surface area contributed by atoms with Crippen molar-refractivity contribution < 1.29 is 14.6 Å². The number of nitrogens with one attached hydrogen (secondary N) is 1. The van der Waals surface area contributed by atoms with E-state index < -0.39 is 0 Å². The van der Waals surface area contributed by atoms with Gasteiger partial charge in [-0.3, -0.25) is 4.79 Å². The number of phenols is 1. The molecule has 4 rings (SSSR count). The second-order valence-electron chi connectivity index (χ2n) is 6.56. The summed E-state index contributed by atoms with van der Waals surface area (Å²) in [7, 11) is 1.51. The number of aromatic nitrogens is 1. The maximum atomic E-state index is 13.2. The molecule has 3 aromatic rings. The summed E-state index contributed by atoms with van der Waals surface area (Å²) < 4.78 is 5.15. The second kappa shape index (κ2) is 7.60. The van der Waals surface area contributed by atoms with Crippen molar-refractivity contribution in [2.24, 2.45) is 0 Å². The fraction of sp³-hybridized carbons (Fsp3) is 0.182. The van der Waals surface area contributed by atoms with Crippen LogP contribution in [0.5, 0.6) is 11.5 Å². The highest BCUT2D eigenvalue weighted by Gasteiger charge is 2.27. The van der Waals surface area contributed by atoms with Crippen LogP contribution in [0.1, 0.15) is 21.5 Å². The number of phenolic OH excluding ortho intramolecular Hbond substituents is 1. The summed E-state index contributed by atoms with van der Waals surface area (Å²) in [6.45, 7) is 0.972. The first-order valence-electron chi connectivity index (χ1n) is 9.12. The molecule has 28 heavy (non-hydrogen) atoms. The third-order valence-corrected chi connectivity index (χ3v) is 4.92. The van der Waals surface area contributed by atoms with Crippen LogP contribution in [0.3, 0.4) is 0 Å². The number of hydrogen-bond donors (Lipinski definition) is 2. The van der Waals surface area contributed by atoms with Gasteiger partial charge in [-0.05, 0) is 36.2 Å². The largest absolute Gasteiger partial charge is 0.504 e. The topological polar surface area (TPSA) is 74.7 Å². The van der Waals surface area contributed by atoms with E-state index in [1.54, 1.807) is 41.4 Å². The SMILES string of the molecule is COc1cccc(CNc2ncccc2C(=O)N2CCc3ccccc32)c1O. The number of para-hydroxylation sites is 2. The molecule has 0 aliphatic carbocycles. The van der Waals surface area contributed by atoms with Gasteiger partial charge in [-0.25, -0.2) is 4.98 Å². The maximum Gasteiger partial charge on any atom is 0.262 e. The summed E-state index contributed by atoms with van der Waals surface area (Å²) in [4.78, 5) is 19.3. The van der Waals surface area contributed by atoms with Gasteiger partial charge in [-0.1, -0.05) is 30.3 Å². The van der Waals surface area contributed by atoms with Crippen LogP contribution in [-0.2, 0) is 13.0 Å². The van der Waals surface area contributed by atoms with Gasteiger partial charge in [-0.2, -0.15) is 0 Å². The minimum atomic E-state index is -0.0876. The Bertz CT molecular complexity index is 1020. The van der Waals surface area contributed by atoms with Gasteiger partial charge < -0.3 is 20.1 Å². The quantitative estimate of drug-likeness (QED) is 0.713. The smallest absolute Gasteiger partial charge is 0.262 e. The number of pyridine rings is 1. The zero-order valence-corrected chi connectivity index (χ0v) is 15.6. The van der Waals surface area contributed by atoms with Crippen molar-refractivity contribution in [3.05, 3.63) is 77.5 Å². The lowest BCUT2D eigenvalue weighted by molar-refractivity contribution is 0.0990. The second-order valence-corrected chi connectivity index (χ2v) is 6.56.